The highest BCUT2D eigenvalue weighted by atomic mass is 16.6. The van der Waals surface area contributed by atoms with Crippen LogP contribution in [0.4, 0.5) is 11.4 Å². The van der Waals surface area contributed by atoms with Crippen LogP contribution in [0.25, 0.3) is 0 Å². The van der Waals surface area contributed by atoms with Gasteiger partial charge in [0.15, 0.2) is 0 Å². The molecule has 7 heteroatoms. The molecule has 3 rings (SSSR count). The number of nitro groups is 1. The number of nitro benzene ring substituents is 1. The van der Waals surface area contributed by atoms with Crippen molar-refractivity contribution in [3.05, 3.63) is 63.2 Å². The second-order valence-corrected chi connectivity index (χ2v) is 5.83. The van der Waals surface area contributed by atoms with Crippen LogP contribution < -0.4 is 15.4 Å². The van der Waals surface area contributed by atoms with Crippen molar-refractivity contribution in [2.45, 2.75) is 18.9 Å². The Bertz CT molecular complexity index is 835. The van der Waals surface area contributed by atoms with E-state index in [1.165, 1.54) is 19.2 Å². The monoisotopic (exact) mass is 341 g/mol. The van der Waals surface area contributed by atoms with Crippen LogP contribution in [0, 0.1) is 10.1 Å². The molecule has 0 heterocycles. The van der Waals surface area contributed by atoms with Gasteiger partial charge in [-0.1, -0.05) is 12.1 Å². The van der Waals surface area contributed by atoms with E-state index in [0.29, 0.717) is 5.69 Å². The van der Waals surface area contributed by atoms with Crippen molar-refractivity contribution in [2.75, 3.05) is 19.5 Å². The molecule has 0 radical (unpaired) electrons. The summed E-state index contributed by atoms with van der Waals surface area (Å²) in [6, 6.07) is 10.2. The zero-order valence-corrected chi connectivity index (χ0v) is 14.0. The predicted octanol–water partition coefficient (Wildman–Crippen LogP) is 3.06. The van der Waals surface area contributed by atoms with E-state index in [4.69, 9.17) is 4.74 Å². The second-order valence-electron chi connectivity index (χ2n) is 5.83. The van der Waals surface area contributed by atoms with Gasteiger partial charge in [0.05, 0.1) is 23.6 Å². The predicted molar refractivity (Wildman–Crippen MR) is 94.2 cm³/mol. The van der Waals surface area contributed by atoms with Crippen LogP contribution >= 0.6 is 0 Å². The number of anilines is 1. The standard InChI is InChI=1S/C18H19N3O4/c1-19-18(22)14-10-11(21(23)24)6-8-16(14)20-15-9-7-13-12(15)4-3-5-17(13)25-2/h3-6,8,10,15,20H,7,9H2,1-2H3,(H,19,22). The molecule has 7 nitrogen and oxygen atoms in total. The Labute approximate surface area is 145 Å². The molecule has 0 bridgehead atoms. The summed E-state index contributed by atoms with van der Waals surface area (Å²) in [5.74, 6) is 0.493. The van der Waals surface area contributed by atoms with Gasteiger partial charge in [-0.15, -0.1) is 0 Å². The van der Waals surface area contributed by atoms with E-state index in [2.05, 4.69) is 10.6 Å². The first kappa shape index (κ1) is 16.8. The number of nitrogens with zero attached hydrogens (tertiary/aromatic N) is 1. The molecule has 130 valence electrons. The largest absolute Gasteiger partial charge is 0.496 e. The van der Waals surface area contributed by atoms with Crippen LogP contribution in [0.3, 0.4) is 0 Å². The number of non-ortho nitro benzene ring substituents is 1. The van der Waals surface area contributed by atoms with Crippen molar-refractivity contribution >= 4 is 17.3 Å². The molecule has 1 aliphatic rings. The van der Waals surface area contributed by atoms with Crippen molar-refractivity contribution in [2.24, 2.45) is 0 Å². The lowest BCUT2D eigenvalue weighted by molar-refractivity contribution is -0.384. The molecule has 2 aromatic rings. The first-order valence-corrected chi connectivity index (χ1v) is 7.98. The summed E-state index contributed by atoms with van der Waals surface area (Å²) in [5.41, 5.74) is 3.00. The van der Waals surface area contributed by atoms with E-state index >= 15 is 0 Å². The Morgan fingerprint density at radius 3 is 2.80 bits per heavy atom. The minimum atomic E-state index is -0.508. The van der Waals surface area contributed by atoms with Gasteiger partial charge >= 0.3 is 0 Å². The Morgan fingerprint density at radius 2 is 2.12 bits per heavy atom. The molecular weight excluding hydrogens is 322 g/mol. The number of benzene rings is 2. The molecule has 0 aromatic heterocycles. The number of carbonyl (C=O) groups excluding carboxylic acids is 1. The molecule has 2 N–H and O–H groups in total. The Morgan fingerprint density at radius 1 is 1.32 bits per heavy atom. The number of ether oxygens (including phenoxy) is 1. The molecule has 0 saturated heterocycles. The third kappa shape index (κ3) is 3.13. The normalized spacial score (nSPS) is 15.4. The summed E-state index contributed by atoms with van der Waals surface area (Å²) in [7, 11) is 3.15. The summed E-state index contributed by atoms with van der Waals surface area (Å²) < 4.78 is 5.41. The number of hydrogen-bond donors (Lipinski definition) is 2. The molecule has 1 aliphatic carbocycles. The van der Waals surface area contributed by atoms with Crippen molar-refractivity contribution in [3.63, 3.8) is 0 Å². The van der Waals surface area contributed by atoms with Crippen LogP contribution in [-0.2, 0) is 6.42 Å². The topological polar surface area (TPSA) is 93.5 Å². The summed E-state index contributed by atoms with van der Waals surface area (Å²) in [4.78, 5) is 22.6. The highest BCUT2D eigenvalue weighted by Crippen LogP contribution is 2.39. The Hall–Kier alpha value is -3.09. The number of carbonyl (C=O) groups is 1. The summed E-state index contributed by atoms with van der Waals surface area (Å²) >= 11 is 0. The van der Waals surface area contributed by atoms with E-state index < -0.39 is 4.92 Å². The number of nitrogens with one attached hydrogen (secondary N) is 2. The Kier molecular flexibility index (Phi) is 4.56. The fraction of sp³-hybridized carbons (Fsp3) is 0.278. The van der Waals surface area contributed by atoms with Crippen LogP contribution in [0.1, 0.15) is 33.9 Å². The second kappa shape index (κ2) is 6.80. The quantitative estimate of drug-likeness (QED) is 0.644. The van der Waals surface area contributed by atoms with Gasteiger partial charge in [-0.3, -0.25) is 14.9 Å². The van der Waals surface area contributed by atoms with Crippen LogP contribution in [0.2, 0.25) is 0 Å². The molecule has 1 amide bonds. The number of rotatable bonds is 5. The van der Waals surface area contributed by atoms with Gasteiger partial charge in [0.25, 0.3) is 11.6 Å². The van der Waals surface area contributed by atoms with E-state index in [1.54, 1.807) is 13.2 Å². The molecule has 25 heavy (non-hydrogen) atoms. The zero-order valence-electron chi connectivity index (χ0n) is 14.0. The molecule has 0 aliphatic heterocycles. The fourth-order valence-corrected chi connectivity index (χ4v) is 3.24. The fourth-order valence-electron chi connectivity index (χ4n) is 3.24. The van der Waals surface area contributed by atoms with Gasteiger partial charge in [0, 0.05) is 24.9 Å². The summed E-state index contributed by atoms with van der Waals surface area (Å²) in [6.07, 6.45) is 1.74. The van der Waals surface area contributed by atoms with Crippen molar-refractivity contribution in [1.29, 1.82) is 0 Å². The minimum absolute atomic E-state index is 0.0231. The first-order chi connectivity index (χ1) is 12.0. The number of amides is 1. The van der Waals surface area contributed by atoms with Gasteiger partial charge in [-0.25, -0.2) is 0 Å². The lowest BCUT2D eigenvalue weighted by Gasteiger charge is -2.18. The molecule has 1 atom stereocenters. The van der Waals surface area contributed by atoms with Gasteiger partial charge in [0.2, 0.25) is 0 Å². The van der Waals surface area contributed by atoms with E-state index in [0.717, 1.165) is 29.7 Å². The third-order valence-electron chi connectivity index (χ3n) is 4.46. The van der Waals surface area contributed by atoms with Crippen LogP contribution in [-0.4, -0.2) is 25.0 Å². The third-order valence-corrected chi connectivity index (χ3v) is 4.46. The first-order valence-electron chi connectivity index (χ1n) is 7.98. The van der Waals surface area contributed by atoms with Crippen LogP contribution in [0.15, 0.2) is 36.4 Å². The zero-order chi connectivity index (χ0) is 18.0. The van der Waals surface area contributed by atoms with Gasteiger partial charge in [0.1, 0.15) is 5.75 Å². The lowest BCUT2D eigenvalue weighted by Crippen LogP contribution is -2.20. The molecular formula is C18H19N3O4. The lowest BCUT2D eigenvalue weighted by atomic mass is 10.1. The van der Waals surface area contributed by atoms with Gasteiger partial charge in [-0.2, -0.15) is 0 Å². The highest BCUT2D eigenvalue weighted by molar-refractivity contribution is 6.00. The number of methoxy groups -OCH3 is 1. The summed E-state index contributed by atoms with van der Waals surface area (Å²) in [6.45, 7) is 0. The summed E-state index contributed by atoms with van der Waals surface area (Å²) in [5, 5.41) is 16.9. The van der Waals surface area contributed by atoms with E-state index in [-0.39, 0.29) is 23.2 Å². The van der Waals surface area contributed by atoms with Gasteiger partial charge < -0.3 is 15.4 Å². The van der Waals surface area contributed by atoms with E-state index in [1.807, 2.05) is 18.2 Å². The molecule has 2 aromatic carbocycles. The average Bonchev–Trinajstić information content (AvgIpc) is 3.04. The molecule has 0 saturated carbocycles. The highest BCUT2D eigenvalue weighted by Gasteiger charge is 2.26. The SMILES string of the molecule is CNC(=O)c1cc([N+](=O)[O-])ccc1NC1CCc2c(OC)cccc21. The van der Waals surface area contributed by atoms with Gasteiger partial charge in [-0.05, 0) is 36.1 Å². The number of hydrogen-bond acceptors (Lipinski definition) is 5. The minimum Gasteiger partial charge on any atom is -0.496 e. The van der Waals surface area contributed by atoms with Crippen molar-refractivity contribution in [1.82, 2.24) is 5.32 Å². The van der Waals surface area contributed by atoms with Crippen LogP contribution in [0.5, 0.6) is 5.75 Å². The number of fused-ring (bicyclic) bond motifs is 1. The Balaban J connectivity index is 1.95. The maximum Gasteiger partial charge on any atom is 0.270 e. The van der Waals surface area contributed by atoms with Crippen molar-refractivity contribution in [3.8, 4) is 5.75 Å². The van der Waals surface area contributed by atoms with E-state index in [9.17, 15) is 14.9 Å². The van der Waals surface area contributed by atoms with Crippen molar-refractivity contribution < 1.29 is 14.5 Å². The maximum atomic E-state index is 12.1. The smallest absolute Gasteiger partial charge is 0.270 e. The maximum absolute atomic E-state index is 12.1. The molecule has 0 fully saturated rings. The molecule has 1 unspecified atom stereocenters. The molecule has 0 spiro atoms. The average molecular weight is 341 g/mol.